The highest BCUT2D eigenvalue weighted by molar-refractivity contribution is 5.87. The van der Waals surface area contributed by atoms with Gasteiger partial charge in [-0.1, -0.05) is 24.3 Å². The van der Waals surface area contributed by atoms with Crippen LogP contribution in [0, 0.1) is 0 Å². The molecule has 0 saturated carbocycles. The summed E-state index contributed by atoms with van der Waals surface area (Å²) in [5, 5.41) is 6.74. The molecule has 3 rings (SSSR count). The molecule has 1 aliphatic heterocycles. The minimum atomic E-state index is 0.0720. The molecule has 2 N–H and O–H groups in total. The standard InChI is InChI=1S/C16H22N2O/c1-10-7-8-15(11(2)17-10)18-16(19)14-9-12-5-3-4-6-13(12)14/h3-6,10-11,14-15,17H,7-9H2,1-2H3,(H,18,19). The molecule has 1 aromatic rings. The number of rotatable bonds is 2. The summed E-state index contributed by atoms with van der Waals surface area (Å²) in [6.07, 6.45) is 3.11. The zero-order chi connectivity index (χ0) is 13.4. The van der Waals surface area contributed by atoms with Gasteiger partial charge in [-0.25, -0.2) is 0 Å². The highest BCUT2D eigenvalue weighted by atomic mass is 16.2. The Labute approximate surface area is 114 Å². The van der Waals surface area contributed by atoms with Crippen LogP contribution in [0.4, 0.5) is 0 Å². The van der Waals surface area contributed by atoms with Gasteiger partial charge in [0.15, 0.2) is 0 Å². The fraction of sp³-hybridized carbons (Fsp3) is 0.562. The molecule has 0 bridgehead atoms. The van der Waals surface area contributed by atoms with Crippen LogP contribution in [0.5, 0.6) is 0 Å². The Balaban J connectivity index is 1.61. The lowest BCUT2D eigenvalue weighted by atomic mass is 9.77. The van der Waals surface area contributed by atoms with Crippen LogP contribution in [-0.2, 0) is 11.2 Å². The molecular weight excluding hydrogens is 236 g/mol. The fourth-order valence-electron chi connectivity index (χ4n) is 3.30. The first kappa shape index (κ1) is 12.7. The Morgan fingerprint density at radius 2 is 2.05 bits per heavy atom. The van der Waals surface area contributed by atoms with E-state index in [1.807, 2.05) is 12.1 Å². The number of fused-ring (bicyclic) bond motifs is 1. The van der Waals surface area contributed by atoms with Gasteiger partial charge in [0.05, 0.1) is 5.92 Å². The number of carbonyl (C=O) groups excluding carboxylic acids is 1. The van der Waals surface area contributed by atoms with Crippen LogP contribution in [0.3, 0.4) is 0 Å². The zero-order valence-corrected chi connectivity index (χ0v) is 11.6. The Kier molecular flexibility index (Phi) is 3.31. The van der Waals surface area contributed by atoms with Crippen molar-refractivity contribution < 1.29 is 4.79 Å². The van der Waals surface area contributed by atoms with E-state index < -0.39 is 0 Å². The number of benzene rings is 1. The molecule has 2 aliphatic rings. The second kappa shape index (κ2) is 4.97. The molecule has 0 radical (unpaired) electrons. The first-order valence-corrected chi connectivity index (χ1v) is 7.29. The fourth-order valence-corrected chi connectivity index (χ4v) is 3.30. The van der Waals surface area contributed by atoms with E-state index in [9.17, 15) is 4.79 Å². The van der Waals surface area contributed by atoms with Crippen molar-refractivity contribution in [1.82, 2.24) is 10.6 Å². The third kappa shape index (κ3) is 2.39. The monoisotopic (exact) mass is 258 g/mol. The summed E-state index contributed by atoms with van der Waals surface area (Å²) in [6, 6.07) is 9.46. The summed E-state index contributed by atoms with van der Waals surface area (Å²) < 4.78 is 0. The molecule has 4 unspecified atom stereocenters. The van der Waals surface area contributed by atoms with Gasteiger partial charge in [0, 0.05) is 18.1 Å². The molecule has 1 amide bonds. The summed E-state index contributed by atoms with van der Waals surface area (Å²) in [5.41, 5.74) is 2.54. The van der Waals surface area contributed by atoms with Crippen LogP contribution in [0.2, 0.25) is 0 Å². The largest absolute Gasteiger partial charge is 0.351 e. The van der Waals surface area contributed by atoms with Crippen LogP contribution in [0.15, 0.2) is 24.3 Å². The van der Waals surface area contributed by atoms with Crippen LogP contribution in [0.25, 0.3) is 0 Å². The molecular formula is C16H22N2O. The molecule has 0 spiro atoms. The van der Waals surface area contributed by atoms with Crippen molar-refractivity contribution in [2.24, 2.45) is 0 Å². The summed E-state index contributed by atoms with van der Waals surface area (Å²) in [5.74, 6) is 0.273. The Morgan fingerprint density at radius 3 is 2.79 bits per heavy atom. The molecule has 1 aliphatic carbocycles. The maximum absolute atomic E-state index is 12.3. The molecule has 19 heavy (non-hydrogen) atoms. The Hall–Kier alpha value is -1.35. The number of piperidine rings is 1. The minimum absolute atomic E-state index is 0.0720. The van der Waals surface area contributed by atoms with Crippen LogP contribution < -0.4 is 10.6 Å². The van der Waals surface area contributed by atoms with Gasteiger partial charge in [0.1, 0.15) is 0 Å². The van der Waals surface area contributed by atoms with Gasteiger partial charge >= 0.3 is 0 Å². The van der Waals surface area contributed by atoms with E-state index in [4.69, 9.17) is 0 Å². The topological polar surface area (TPSA) is 41.1 Å². The molecule has 3 heteroatoms. The highest BCUT2D eigenvalue weighted by Crippen LogP contribution is 2.35. The summed E-state index contributed by atoms with van der Waals surface area (Å²) in [4.78, 5) is 12.3. The van der Waals surface area contributed by atoms with E-state index in [0.29, 0.717) is 12.1 Å². The Bertz CT molecular complexity index is 485. The van der Waals surface area contributed by atoms with Crippen LogP contribution in [0.1, 0.15) is 43.7 Å². The van der Waals surface area contributed by atoms with Crippen LogP contribution >= 0.6 is 0 Å². The van der Waals surface area contributed by atoms with Crippen molar-refractivity contribution in [2.45, 2.75) is 57.2 Å². The Morgan fingerprint density at radius 1 is 1.26 bits per heavy atom. The zero-order valence-electron chi connectivity index (χ0n) is 11.6. The van der Waals surface area contributed by atoms with E-state index in [1.54, 1.807) is 0 Å². The van der Waals surface area contributed by atoms with Crippen molar-refractivity contribution >= 4 is 5.91 Å². The van der Waals surface area contributed by atoms with E-state index in [-0.39, 0.29) is 17.9 Å². The second-order valence-electron chi connectivity index (χ2n) is 6.00. The molecule has 1 heterocycles. The average Bonchev–Trinajstić information content (AvgIpc) is 2.34. The molecule has 3 nitrogen and oxygen atoms in total. The first-order chi connectivity index (χ1) is 9.15. The SMILES string of the molecule is CC1CCC(NC(=O)C2Cc3ccccc32)C(C)N1. The molecule has 0 aromatic heterocycles. The van der Waals surface area contributed by atoms with E-state index in [0.717, 1.165) is 19.3 Å². The number of hydrogen-bond acceptors (Lipinski definition) is 2. The summed E-state index contributed by atoms with van der Waals surface area (Å²) in [6.45, 7) is 4.37. The van der Waals surface area contributed by atoms with Crippen molar-refractivity contribution in [3.05, 3.63) is 35.4 Å². The highest BCUT2D eigenvalue weighted by Gasteiger charge is 2.34. The first-order valence-electron chi connectivity index (χ1n) is 7.29. The lowest BCUT2D eigenvalue weighted by molar-refractivity contribution is -0.124. The predicted molar refractivity (Wildman–Crippen MR) is 76.1 cm³/mol. The number of amides is 1. The normalized spacial score (nSPS) is 33.2. The van der Waals surface area contributed by atoms with E-state index in [2.05, 4.69) is 36.6 Å². The third-order valence-electron chi connectivity index (χ3n) is 4.56. The van der Waals surface area contributed by atoms with Gasteiger partial charge in [0.2, 0.25) is 5.91 Å². The minimum Gasteiger partial charge on any atom is -0.351 e. The van der Waals surface area contributed by atoms with Gasteiger partial charge < -0.3 is 10.6 Å². The van der Waals surface area contributed by atoms with E-state index in [1.165, 1.54) is 11.1 Å². The third-order valence-corrected chi connectivity index (χ3v) is 4.56. The van der Waals surface area contributed by atoms with Gasteiger partial charge in [-0.15, -0.1) is 0 Å². The second-order valence-corrected chi connectivity index (χ2v) is 6.00. The van der Waals surface area contributed by atoms with Crippen molar-refractivity contribution in [1.29, 1.82) is 0 Å². The van der Waals surface area contributed by atoms with Gasteiger partial charge in [0.25, 0.3) is 0 Å². The van der Waals surface area contributed by atoms with Gasteiger partial charge in [-0.05, 0) is 44.2 Å². The number of nitrogens with one attached hydrogen (secondary N) is 2. The molecule has 4 atom stereocenters. The number of hydrogen-bond donors (Lipinski definition) is 2. The molecule has 102 valence electrons. The molecule has 1 aromatic carbocycles. The summed E-state index contributed by atoms with van der Waals surface area (Å²) >= 11 is 0. The lowest BCUT2D eigenvalue weighted by Crippen LogP contribution is -2.56. The number of carbonyl (C=O) groups is 1. The maximum atomic E-state index is 12.3. The quantitative estimate of drug-likeness (QED) is 0.851. The average molecular weight is 258 g/mol. The molecule has 1 fully saturated rings. The van der Waals surface area contributed by atoms with Crippen molar-refractivity contribution in [3.63, 3.8) is 0 Å². The van der Waals surface area contributed by atoms with Crippen LogP contribution in [-0.4, -0.2) is 24.0 Å². The van der Waals surface area contributed by atoms with Crippen molar-refractivity contribution in [2.75, 3.05) is 0 Å². The summed E-state index contributed by atoms with van der Waals surface area (Å²) in [7, 11) is 0. The molecule has 1 saturated heterocycles. The smallest absolute Gasteiger partial charge is 0.228 e. The van der Waals surface area contributed by atoms with Crippen molar-refractivity contribution in [3.8, 4) is 0 Å². The van der Waals surface area contributed by atoms with E-state index >= 15 is 0 Å². The lowest BCUT2D eigenvalue weighted by Gasteiger charge is -2.37. The van der Waals surface area contributed by atoms with Gasteiger partial charge in [-0.3, -0.25) is 4.79 Å². The predicted octanol–water partition coefficient (Wildman–Crippen LogP) is 1.97. The van der Waals surface area contributed by atoms with Gasteiger partial charge in [-0.2, -0.15) is 0 Å². The maximum Gasteiger partial charge on any atom is 0.228 e.